The van der Waals surface area contributed by atoms with Crippen LogP contribution in [0.5, 0.6) is 0 Å². The number of carbonyl (C=O) groups is 2. The molecule has 2 aliphatic rings. The predicted octanol–water partition coefficient (Wildman–Crippen LogP) is 3.25. The van der Waals surface area contributed by atoms with Gasteiger partial charge in [-0.05, 0) is 44.7 Å². The summed E-state index contributed by atoms with van der Waals surface area (Å²) in [6.45, 7) is 5.88. The molecular formula is C26H33FN4O3. The van der Waals surface area contributed by atoms with Crippen molar-refractivity contribution in [2.24, 2.45) is 0 Å². The summed E-state index contributed by atoms with van der Waals surface area (Å²) in [5, 5.41) is 0. The molecule has 4 rings (SSSR count). The lowest BCUT2D eigenvalue weighted by molar-refractivity contribution is -0.143. The van der Waals surface area contributed by atoms with Gasteiger partial charge in [0.2, 0.25) is 5.91 Å². The summed E-state index contributed by atoms with van der Waals surface area (Å²) in [5.41, 5.74) is 0.335. The van der Waals surface area contributed by atoms with Crippen LogP contribution in [0.4, 0.5) is 4.39 Å². The molecule has 7 nitrogen and oxygen atoms in total. The largest absolute Gasteiger partial charge is 0.381 e. The topological polar surface area (TPSA) is 75.6 Å². The number of likely N-dealkylation sites (tertiary alicyclic amines) is 1. The average Bonchev–Trinajstić information content (AvgIpc) is 2.84. The lowest BCUT2D eigenvalue weighted by Gasteiger charge is -2.44. The summed E-state index contributed by atoms with van der Waals surface area (Å²) in [6, 6.07) is 8.31. The zero-order chi connectivity index (χ0) is 24.5. The van der Waals surface area contributed by atoms with Crippen molar-refractivity contribution >= 4 is 11.8 Å². The minimum absolute atomic E-state index is 0.0309. The summed E-state index contributed by atoms with van der Waals surface area (Å²) < 4.78 is 20.4. The number of halogens is 1. The van der Waals surface area contributed by atoms with Crippen molar-refractivity contribution in [1.82, 2.24) is 19.8 Å². The van der Waals surface area contributed by atoms with Crippen LogP contribution in [0.15, 0.2) is 30.3 Å². The molecule has 2 fully saturated rings. The Bertz CT molecular complexity index is 1070. The quantitative estimate of drug-likeness (QED) is 0.689. The van der Waals surface area contributed by atoms with Crippen LogP contribution >= 0.6 is 0 Å². The first-order valence-electron chi connectivity index (χ1n) is 11.9. The molecule has 8 heteroatoms. The van der Waals surface area contributed by atoms with E-state index in [9.17, 15) is 14.0 Å². The monoisotopic (exact) mass is 468 g/mol. The molecule has 34 heavy (non-hydrogen) atoms. The fourth-order valence-corrected chi connectivity index (χ4v) is 5.07. The lowest BCUT2D eigenvalue weighted by atomic mass is 9.71. The molecule has 2 saturated heterocycles. The highest BCUT2D eigenvalue weighted by atomic mass is 19.1. The van der Waals surface area contributed by atoms with Crippen LogP contribution in [0.3, 0.4) is 0 Å². The summed E-state index contributed by atoms with van der Waals surface area (Å²) >= 11 is 0. The Hall–Kier alpha value is -2.87. The molecule has 0 spiro atoms. The van der Waals surface area contributed by atoms with E-state index in [1.165, 1.54) is 11.0 Å². The number of rotatable bonds is 4. The normalized spacial score (nSPS) is 19.5. The highest BCUT2D eigenvalue weighted by Crippen LogP contribution is 2.40. The highest BCUT2D eigenvalue weighted by molar-refractivity contribution is 5.92. The minimum Gasteiger partial charge on any atom is -0.381 e. The highest BCUT2D eigenvalue weighted by Gasteiger charge is 2.47. The molecule has 182 valence electrons. The first kappa shape index (κ1) is 24.3. The van der Waals surface area contributed by atoms with Crippen LogP contribution in [0.25, 0.3) is 0 Å². The van der Waals surface area contributed by atoms with Gasteiger partial charge in [-0.2, -0.15) is 0 Å². The smallest absolute Gasteiger partial charge is 0.272 e. The molecule has 2 aromatic rings. The zero-order valence-electron chi connectivity index (χ0n) is 20.4. The second kappa shape index (κ2) is 9.41. The van der Waals surface area contributed by atoms with Crippen molar-refractivity contribution in [2.45, 2.75) is 50.4 Å². The first-order chi connectivity index (χ1) is 16.2. The average molecular weight is 469 g/mol. The maximum Gasteiger partial charge on any atom is 0.272 e. The Morgan fingerprint density at radius 3 is 2.32 bits per heavy atom. The van der Waals surface area contributed by atoms with Gasteiger partial charge in [0, 0.05) is 57.1 Å². The van der Waals surface area contributed by atoms with E-state index in [-0.39, 0.29) is 23.0 Å². The number of amides is 2. The first-order valence-corrected chi connectivity index (χ1v) is 11.9. The van der Waals surface area contributed by atoms with Crippen molar-refractivity contribution < 1.29 is 18.7 Å². The molecule has 1 aromatic heterocycles. The van der Waals surface area contributed by atoms with Gasteiger partial charge >= 0.3 is 0 Å². The van der Waals surface area contributed by atoms with Crippen molar-refractivity contribution in [3.8, 4) is 0 Å². The standard InChI is InChI=1S/C26H33FN4O3/c1-18-17-21(22(32)30(3)4)29-23(28-18)25(2)9-13-31(14-10-25)24(33)26(11-15-34-16-12-26)19-7-5-6-8-20(19)27/h5-8,17H,9-16H2,1-4H3. The molecule has 0 aliphatic carbocycles. The molecule has 0 N–H and O–H groups in total. The lowest BCUT2D eigenvalue weighted by Crippen LogP contribution is -2.54. The number of carbonyl (C=O) groups excluding carboxylic acids is 2. The number of nitrogens with zero attached hydrogens (tertiary/aromatic N) is 4. The Labute approximate surface area is 200 Å². The molecule has 3 heterocycles. The van der Waals surface area contributed by atoms with Crippen LogP contribution in [0, 0.1) is 12.7 Å². The Morgan fingerprint density at radius 2 is 1.71 bits per heavy atom. The summed E-state index contributed by atoms with van der Waals surface area (Å²) in [4.78, 5) is 39.0. The second-order valence-corrected chi connectivity index (χ2v) is 9.94. The molecule has 0 saturated carbocycles. The fourth-order valence-electron chi connectivity index (χ4n) is 5.07. The van der Waals surface area contributed by atoms with Crippen molar-refractivity contribution in [3.05, 3.63) is 58.9 Å². The van der Waals surface area contributed by atoms with E-state index in [4.69, 9.17) is 4.74 Å². The van der Waals surface area contributed by atoms with Crippen LogP contribution in [-0.2, 0) is 20.4 Å². The molecule has 0 unspecified atom stereocenters. The van der Waals surface area contributed by atoms with E-state index in [0.717, 1.165) is 5.69 Å². The predicted molar refractivity (Wildman–Crippen MR) is 126 cm³/mol. The van der Waals surface area contributed by atoms with Gasteiger partial charge in [-0.25, -0.2) is 14.4 Å². The third-order valence-corrected chi connectivity index (χ3v) is 7.32. The van der Waals surface area contributed by atoms with Crippen molar-refractivity contribution in [1.29, 1.82) is 0 Å². The van der Waals surface area contributed by atoms with Crippen molar-refractivity contribution in [3.63, 3.8) is 0 Å². The van der Waals surface area contributed by atoms with Crippen LogP contribution in [0.1, 0.15) is 60.2 Å². The van der Waals surface area contributed by atoms with Gasteiger partial charge in [0.05, 0.1) is 5.41 Å². The van der Waals surface area contributed by atoms with Crippen LogP contribution in [0.2, 0.25) is 0 Å². The summed E-state index contributed by atoms with van der Waals surface area (Å²) in [6.07, 6.45) is 2.28. The third-order valence-electron chi connectivity index (χ3n) is 7.32. The maximum atomic E-state index is 14.8. The SMILES string of the molecule is Cc1cc(C(=O)N(C)C)nc(C2(C)CCN(C(=O)C3(c4ccccc4F)CCOCC3)CC2)n1. The van der Waals surface area contributed by atoms with E-state index in [0.29, 0.717) is 69.1 Å². The Kier molecular flexibility index (Phi) is 6.71. The van der Waals surface area contributed by atoms with Gasteiger partial charge in [0.25, 0.3) is 5.91 Å². The molecule has 1 aromatic carbocycles. The number of aryl methyl sites for hydroxylation is 1. The van der Waals surface area contributed by atoms with E-state index < -0.39 is 5.41 Å². The molecule has 2 amide bonds. The fraction of sp³-hybridized carbons (Fsp3) is 0.538. The van der Waals surface area contributed by atoms with Gasteiger partial charge in [-0.15, -0.1) is 0 Å². The number of ether oxygens (including phenoxy) is 1. The van der Waals surface area contributed by atoms with E-state index in [1.54, 1.807) is 38.4 Å². The Morgan fingerprint density at radius 1 is 1.06 bits per heavy atom. The number of hydrogen-bond donors (Lipinski definition) is 0. The van der Waals surface area contributed by atoms with Crippen LogP contribution < -0.4 is 0 Å². The third kappa shape index (κ3) is 4.43. The van der Waals surface area contributed by atoms with Gasteiger partial charge in [-0.3, -0.25) is 9.59 Å². The van der Waals surface area contributed by atoms with E-state index in [2.05, 4.69) is 16.9 Å². The molecular weight excluding hydrogens is 435 g/mol. The molecule has 0 atom stereocenters. The Balaban J connectivity index is 1.57. The van der Waals surface area contributed by atoms with E-state index >= 15 is 0 Å². The van der Waals surface area contributed by atoms with Crippen LogP contribution in [-0.4, -0.2) is 72.0 Å². The summed E-state index contributed by atoms with van der Waals surface area (Å²) in [5.74, 6) is 0.108. The second-order valence-electron chi connectivity index (χ2n) is 9.94. The molecule has 2 aliphatic heterocycles. The number of aromatic nitrogens is 2. The van der Waals surface area contributed by atoms with Gasteiger partial charge in [-0.1, -0.05) is 25.1 Å². The number of hydrogen-bond acceptors (Lipinski definition) is 5. The van der Waals surface area contributed by atoms with Crippen molar-refractivity contribution in [2.75, 3.05) is 40.4 Å². The molecule has 0 radical (unpaired) electrons. The zero-order valence-corrected chi connectivity index (χ0v) is 20.4. The van der Waals surface area contributed by atoms with Gasteiger partial charge < -0.3 is 14.5 Å². The molecule has 0 bridgehead atoms. The van der Waals surface area contributed by atoms with Gasteiger partial charge in [0.15, 0.2) is 0 Å². The van der Waals surface area contributed by atoms with Gasteiger partial charge in [0.1, 0.15) is 17.3 Å². The summed E-state index contributed by atoms with van der Waals surface area (Å²) in [7, 11) is 3.40. The minimum atomic E-state index is -0.900. The van der Waals surface area contributed by atoms with E-state index in [1.807, 2.05) is 11.8 Å². The number of benzene rings is 1. The number of piperidine rings is 1. The maximum absolute atomic E-state index is 14.8.